The molecule has 1 aliphatic carbocycles. The number of fused-ring (bicyclic) bond motifs is 1. The van der Waals surface area contributed by atoms with Crippen molar-refractivity contribution in [2.75, 3.05) is 39.5 Å². The summed E-state index contributed by atoms with van der Waals surface area (Å²) in [5, 5.41) is 3.21. The molecule has 2 atom stereocenters. The molecule has 158 valence electrons. The van der Waals surface area contributed by atoms with Gasteiger partial charge in [0, 0.05) is 38.3 Å². The molecule has 4 rings (SSSR count). The lowest BCUT2D eigenvalue weighted by Gasteiger charge is -2.44. The standard InChI is InChI=1S/C20H33FN4O3/c21-9-14-28-20(27)24-12-5-15(6-13-24)23-10-7-16(8-11-23)25-18-4-2-1-3-17(18)22-19(25)26/h15-18H,1-14H2,(H,22,26)/t17-,18-/m0/s1. The predicted octanol–water partition coefficient (Wildman–Crippen LogP) is 2.36. The number of carbonyl (C=O) groups excluding carboxylic acids is 2. The van der Waals surface area contributed by atoms with Crippen LogP contribution >= 0.6 is 0 Å². The molecule has 0 aromatic rings. The summed E-state index contributed by atoms with van der Waals surface area (Å²) in [5.41, 5.74) is 0. The number of nitrogens with one attached hydrogen (secondary N) is 1. The van der Waals surface area contributed by atoms with Crippen LogP contribution < -0.4 is 5.32 Å². The number of ether oxygens (including phenoxy) is 1. The summed E-state index contributed by atoms with van der Waals surface area (Å²) in [5.74, 6) is 0. The highest BCUT2D eigenvalue weighted by molar-refractivity contribution is 5.78. The van der Waals surface area contributed by atoms with Crippen LogP contribution in [0.4, 0.5) is 14.0 Å². The summed E-state index contributed by atoms with van der Waals surface area (Å²) >= 11 is 0. The number of carbonyl (C=O) groups is 2. The van der Waals surface area contributed by atoms with Crippen LogP contribution in [0, 0.1) is 0 Å². The summed E-state index contributed by atoms with van der Waals surface area (Å²) < 4.78 is 17.0. The van der Waals surface area contributed by atoms with Gasteiger partial charge in [-0.3, -0.25) is 0 Å². The van der Waals surface area contributed by atoms with Crippen molar-refractivity contribution in [2.45, 2.75) is 75.5 Å². The molecule has 0 aromatic heterocycles. The number of amides is 3. The fourth-order valence-electron chi connectivity index (χ4n) is 5.59. The Hall–Kier alpha value is -1.57. The molecule has 0 aromatic carbocycles. The second-order valence-electron chi connectivity index (χ2n) is 8.60. The summed E-state index contributed by atoms with van der Waals surface area (Å²) in [6, 6.07) is 1.76. The van der Waals surface area contributed by atoms with Crippen molar-refractivity contribution in [1.29, 1.82) is 0 Å². The SMILES string of the molecule is O=C(OCCF)N1CCC(N2CCC(N3C(=O)N[C@H]4CCCC[C@@H]43)CC2)CC1. The van der Waals surface area contributed by atoms with E-state index in [1.54, 1.807) is 4.90 Å². The number of halogens is 1. The molecule has 1 N–H and O–H groups in total. The second-order valence-corrected chi connectivity index (χ2v) is 8.60. The monoisotopic (exact) mass is 396 g/mol. The van der Waals surface area contributed by atoms with E-state index in [1.165, 1.54) is 12.8 Å². The van der Waals surface area contributed by atoms with E-state index in [0.29, 0.717) is 37.3 Å². The number of piperidine rings is 2. The third-order valence-electron chi connectivity index (χ3n) is 7.06. The van der Waals surface area contributed by atoms with Crippen molar-refractivity contribution in [3.63, 3.8) is 0 Å². The highest BCUT2D eigenvalue weighted by Crippen LogP contribution is 2.33. The number of hydrogen-bond acceptors (Lipinski definition) is 4. The minimum atomic E-state index is -0.631. The Labute approximate surface area is 166 Å². The maximum absolute atomic E-state index is 12.5. The van der Waals surface area contributed by atoms with Gasteiger partial charge < -0.3 is 24.8 Å². The summed E-state index contributed by atoms with van der Waals surface area (Å²) in [7, 11) is 0. The normalized spacial score (nSPS) is 30.2. The van der Waals surface area contributed by atoms with Crippen molar-refractivity contribution < 1.29 is 18.7 Å². The zero-order valence-corrected chi connectivity index (χ0v) is 16.7. The zero-order valence-electron chi connectivity index (χ0n) is 16.7. The van der Waals surface area contributed by atoms with Gasteiger partial charge in [0.25, 0.3) is 0 Å². The third kappa shape index (κ3) is 4.07. The highest BCUT2D eigenvalue weighted by atomic mass is 19.1. The van der Waals surface area contributed by atoms with Crippen molar-refractivity contribution in [3.05, 3.63) is 0 Å². The Balaban J connectivity index is 1.24. The second kappa shape index (κ2) is 8.84. The van der Waals surface area contributed by atoms with Crippen LogP contribution in [-0.2, 0) is 4.74 Å². The van der Waals surface area contributed by atoms with Crippen molar-refractivity contribution in [1.82, 2.24) is 20.0 Å². The van der Waals surface area contributed by atoms with E-state index in [0.717, 1.165) is 51.6 Å². The Morgan fingerprint density at radius 2 is 1.68 bits per heavy atom. The van der Waals surface area contributed by atoms with E-state index in [2.05, 4.69) is 15.1 Å². The average Bonchev–Trinajstić information content (AvgIpc) is 3.08. The predicted molar refractivity (Wildman–Crippen MR) is 103 cm³/mol. The Morgan fingerprint density at radius 1 is 1.00 bits per heavy atom. The lowest BCUT2D eigenvalue weighted by molar-refractivity contribution is 0.0466. The van der Waals surface area contributed by atoms with Gasteiger partial charge in [-0.15, -0.1) is 0 Å². The maximum Gasteiger partial charge on any atom is 0.409 e. The topological polar surface area (TPSA) is 65.1 Å². The molecular formula is C20H33FN4O3. The Bertz CT molecular complexity index is 562. The molecule has 8 heteroatoms. The molecule has 28 heavy (non-hydrogen) atoms. The number of rotatable bonds is 4. The van der Waals surface area contributed by atoms with Crippen LogP contribution in [0.5, 0.6) is 0 Å². The van der Waals surface area contributed by atoms with Crippen molar-refractivity contribution in [3.8, 4) is 0 Å². The zero-order chi connectivity index (χ0) is 19.5. The van der Waals surface area contributed by atoms with Gasteiger partial charge in [0.2, 0.25) is 0 Å². The maximum atomic E-state index is 12.5. The van der Waals surface area contributed by atoms with Gasteiger partial charge in [0.1, 0.15) is 13.3 Å². The quantitative estimate of drug-likeness (QED) is 0.792. The molecule has 4 fully saturated rings. The lowest BCUT2D eigenvalue weighted by Crippen LogP contribution is -2.53. The molecule has 0 radical (unpaired) electrons. The van der Waals surface area contributed by atoms with Crippen LogP contribution in [0.15, 0.2) is 0 Å². The Morgan fingerprint density at radius 3 is 2.39 bits per heavy atom. The van der Waals surface area contributed by atoms with E-state index in [1.807, 2.05) is 0 Å². The van der Waals surface area contributed by atoms with Crippen LogP contribution in [0.3, 0.4) is 0 Å². The molecular weight excluding hydrogens is 363 g/mol. The van der Waals surface area contributed by atoms with Crippen molar-refractivity contribution >= 4 is 12.1 Å². The average molecular weight is 397 g/mol. The van der Waals surface area contributed by atoms with Crippen LogP contribution in [0.25, 0.3) is 0 Å². The van der Waals surface area contributed by atoms with E-state index in [9.17, 15) is 14.0 Å². The first-order valence-corrected chi connectivity index (χ1v) is 11.0. The molecule has 3 amide bonds. The summed E-state index contributed by atoms with van der Waals surface area (Å²) in [6.45, 7) is 2.60. The van der Waals surface area contributed by atoms with Gasteiger partial charge in [-0.1, -0.05) is 12.8 Å². The minimum Gasteiger partial charge on any atom is -0.447 e. The van der Waals surface area contributed by atoms with E-state index in [-0.39, 0.29) is 12.6 Å². The minimum absolute atomic E-state index is 0.149. The van der Waals surface area contributed by atoms with Gasteiger partial charge >= 0.3 is 12.1 Å². The third-order valence-corrected chi connectivity index (χ3v) is 7.06. The number of nitrogens with zero attached hydrogens (tertiary/aromatic N) is 3. The molecule has 4 aliphatic rings. The molecule has 1 saturated carbocycles. The van der Waals surface area contributed by atoms with Crippen LogP contribution in [0.1, 0.15) is 51.4 Å². The fourth-order valence-corrected chi connectivity index (χ4v) is 5.59. The van der Waals surface area contributed by atoms with E-state index in [4.69, 9.17) is 4.74 Å². The Kier molecular flexibility index (Phi) is 6.23. The summed E-state index contributed by atoms with van der Waals surface area (Å²) in [6.07, 6.45) is 8.28. The number of alkyl halides is 1. The largest absolute Gasteiger partial charge is 0.447 e. The van der Waals surface area contributed by atoms with E-state index >= 15 is 0 Å². The van der Waals surface area contributed by atoms with Gasteiger partial charge in [0.05, 0.1) is 12.1 Å². The van der Waals surface area contributed by atoms with E-state index < -0.39 is 12.8 Å². The molecule has 0 spiro atoms. The number of likely N-dealkylation sites (tertiary alicyclic amines) is 2. The number of hydrogen-bond donors (Lipinski definition) is 1. The van der Waals surface area contributed by atoms with Gasteiger partial charge in [-0.25, -0.2) is 14.0 Å². The molecule has 3 heterocycles. The molecule has 3 aliphatic heterocycles. The first-order valence-electron chi connectivity index (χ1n) is 11.0. The van der Waals surface area contributed by atoms with Crippen molar-refractivity contribution in [2.24, 2.45) is 0 Å². The van der Waals surface area contributed by atoms with Crippen LogP contribution in [-0.4, -0.2) is 90.5 Å². The fraction of sp³-hybridized carbons (Fsp3) is 0.900. The number of urea groups is 1. The molecule has 7 nitrogen and oxygen atoms in total. The molecule has 0 unspecified atom stereocenters. The lowest BCUT2D eigenvalue weighted by atomic mass is 9.89. The first-order chi connectivity index (χ1) is 13.7. The highest BCUT2D eigenvalue weighted by Gasteiger charge is 2.44. The van der Waals surface area contributed by atoms with Gasteiger partial charge in [-0.2, -0.15) is 0 Å². The summed E-state index contributed by atoms with van der Waals surface area (Å²) in [4.78, 5) is 30.8. The van der Waals surface area contributed by atoms with Crippen LogP contribution in [0.2, 0.25) is 0 Å². The molecule has 3 saturated heterocycles. The van der Waals surface area contributed by atoms with Gasteiger partial charge in [0.15, 0.2) is 0 Å². The first kappa shape index (κ1) is 19.7. The van der Waals surface area contributed by atoms with Gasteiger partial charge in [-0.05, 0) is 38.5 Å². The smallest absolute Gasteiger partial charge is 0.409 e. The molecule has 0 bridgehead atoms.